The first kappa shape index (κ1) is 10.0. The SMILES string of the molecule is CC(O)C(C)N(C)CC1CC1C. The van der Waals surface area contributed by atoms with Crippen molar-refractivity contribution in [1.29, 1.82) is 0 Å². The summed E-state index contributed by atoms with van der Waals surface area (Å²) in [4.78, 5) is 2.26. The zero-order valence-electron chi connectivity index (χ0n) is 8.62. The summed E-state index contributed by atoms with van der Waals surface area (Å²) in [5.74, 6) is 1.80. The van der Waals surface area contributed by atoms with E-state index in [-0.39, 0.29) is 12.1 Å². The Kier molecular flexibility index (Phi) is 3.13. The molecule has 0 saturated heterocycles. The summed E-state index contributed by atoms with van der Waals surface area (Å²) in [5.41, 5.74) is 0. The van der Waals surface area contributed by atoms with Gasteiger partial charge in [-0.15, -0.1) is 0 Å². The Hall–Kier alpha value is -0.0800. The molecule has 0 spiro atoms. The number of aliphatic hydroxyl groups excluding tert-OH is 1. The van der Waals surface area contributed by atoms with Crippen LogP contribution in [-0.4, -0.2) is 35.7 Å². The van der Waals surface area contributed by atoms with E-state index in [9.17, 15) is 5.11 Å². The first-order valence-electron chi connectivity index (χ1n) is 4.90. The molecule has 1 aliphatic carbocycles. The minimum absolute atomic E-state index is 0.218. The Morgan fingerprint density at radius 3 is 2.33 bits per heavy atom. The van der Waals surface area contributed by atoms with Gasteiger partial charge in [0.15, 0.2) is 0 Å². The van der Waals surface area contributed by atoms with Gasteiger partial charge in [0.2, 0.25) is 0 Å². The van der Waals surface area contributed by atoms with Crippen molar-refractivity contribution in [2.45, 2.75) is 39.3 Å². The minimum atomic E-state index is -0.218. The summed E-state index contributed by atoms with van der Waals surface area (Å²) in [6.45, 7) is 7.38. The lowest BCUT2D eigenvalue weighted by molar-refractivity contribution is 0.0834. The number of nitrogens with zero attached hydrogens (tertiary/aromatic N) is 1. The molecule has 0 amide bonds. The van der Waals surface area contributed by atoms with Gasteiger partial charge in [-0.3, -0.25) is 0 Å². The molecule has 0 bridgehead atoms. The summed E-state index contributed by atoms with van der Waals surface area (Å²) in [5, 5.41) is 9.35. The van der Waals surface area contributed by atoms with E-state index in [1.807, 2.05) is 6.92 Å². The van der Waals surface area contributed by atoms with Crippen molar-refractivity contribution in [2.24, 2.45) is 11.8 Å². The molecule has 2 heteroatoms. The van der Waals surface area contributed by atoms with Crippen LogP contribution in [0.4, 0.5) is 0 Å². The third-order valence-electron chi connectivity index (χ3n) is 3.19. The molecule has 1 saturated carbocycles. The molecule has 1 N–H and O–H groups in total. The summed E-state index contributed by atoms with van der Waals surface area (Å²) in [6, 6.07) is 0.290. The number of rotatable bonds is 4. The van der Waals surface area contributed by atoms with Gasteiger partial charge in [0.25, 0.3) is 0 Å². The molecule has 0 radical (unpaired) electrons. The first-order valence-corrected chi connectivity index (χ1v) is 4.90. The number of hydrogen-bond acceptors (Lipinski definition) is 2. The predicted molar refractivity (Wildman–Crippen MR) is 51.0 cm³/mol. The van der Waals surface area contributed by atoms with Crippen molar-refractivity contribution < 1.29 is 5.11 Å². The van der Waals surface area contributed by atoms with Crippen LogP contribution >= 0.6 is 0 Å². The monoisotopic (exact) mass is 171 g/mol. The maximum Gasteiger partial charge on any atom is 0.0664 e. The highest BCUT2D eigenvalue weighted by molar-refractivity contribution is 4.86. The Labute approximate surface area is 75.6 Å². The fourth-order valence-corrected chi connectivity index (χ4v) is 1.56. The van der Waals surface area contributed by atoms with E-state index < -0.39 is 0 Å². The quantitative estimate of drug-likeness (QED) is 0.690. The van der Waals surface area contributed by atoms with E-state index in [2.05, 4.69) is 25.8 Å². The summed E-state index contributed by atoms with van der Waals surface area (Å²) in [6.07, 6.45) is 1.15. The topological polar surface area (TPSA) is 23.5 Å². The van der Waals surface area contributed by atoms with Gasteiger partial charge in [-0.25, -0.2) is 0 Å². The highest BCUT2D eigenvalue weighted by Crippen LogP contribution is 2.38. The zero-order chi connectivity index (χ0) is 9.30. The minimum Gasteiger partial charge on any atom is -0.392 e. The van der Waals surface area contributed by atoms with Crippen LogP contribution in [0.2, 0.25) is 0 Å². The average Bonchev–Trinajstić information content (AvgIpc) is 2.64. The van der Waals surface area contributed by atoms with Crippen LogP contribution < -0.4 is 0 Å². The molecule has 72 valence electrons. The fourth-order valence-electron chi connectivity index (χ4n) is 1.56. The van der Waals surface area contributed by atoms with Crippen LogP contribution in [0, 0.1) is 11.8 Å². The van der Waals surface area contributed by atoms with Crippen LogP contribution in [-0.2, 0) is 0 Å². The molecular weight excluding hydrogens is 150 g/mol. The van der Waals surface area contributed by atoms with Crippen molar-refractivity contribution in [1.82, 2.24) is 4.90 Å². The zero-order valence-corrected chi connectivity index (χ0v) is 8.62. The molecule has 1 fully saturated rings. The summed E-state index contributed by atoms with van der Waals surface area (Å²) < 4.78 is 0. The van der Waals surface area contributed by atoms with E-state index in [4.69, 9.17) is 0 Å². The number of aliphatic hydroxyl groups is 1. The van der Waals surface area contributed by atoms with Crippen molar-refractivity contribution in [3.63, 3.8) is 0 Å². The van der Waals surface area contributed by atoms with Gasteiger partial charge in [-0.2, -0.15) is 0 Å². The molecule has 0 heterocycles. The van der Waals surface area contributed by atoms with Gasteiger partial charge in [-0.05, 0) is 39.2 Å². The Bertz CT molecular complexity index is 147. The van der Waals surface area contributed by atoms with Crippen LogP contribution in [0.5, 0.6) is 0 Å². The second kappa shape index (κ2) is 3.75. The average molecular weight is 171 g/mol. The smallest absolute Gasteiger partial charge is 0.0664 e. The van der Waals surface area contributed by atoms with Gasteiger partial charge in [0.1, 0.15) is 0 Å². The lowest BCUT2D eigenvalue weighted by atomic mass is 10.2. The van der Waals surface area contributed by atoms with Gasteiger partial charge < -0.3 is 10.0 Å². The molecule has 0 aliphatic heterocycles. The maximum atomic E-state index is 9.35. The lowest BCUT2D eigenvalue weighted by Crippen LogP contribution is -2.38. The Morgan fingerprint density at radius 1 is 1.50 bits per heavy atom. The second-order valence-electron chi connectivity index (χ2n) is 4.39. The highest BCUT2D eigenvalue weighted by atomic mass is 16.3. The molecule has 2 nitrogen and oxygen atoms in total. The van der Waals surface area contributed by atoms with E-state index in [1.165, 1.54) is 6.42 Å². The lowest BCUT2D eigenvalue weighted by Gasteiger charge is -2.26. The van der Waals surface area contributed by atoms with Crippen molar-refractivity contribution in [2.75, 3.05) is 13.6 Å². The molecule has 1 aliphatic rings. The van der Waals surface area contributed by atoms with Gasteiger partial charge >= 0.3 is 0 Å². The molecule has 0 aromatic heterocycles. The molecule has 0 aromatic carbocycles. The third kappa shape index (κ3) is 2.46. The maximum absolute atomic E-state index is 9.35. The van der Waals surface area contributed by atoms with E-state index in [0.717, 1.165) is 18.4 Å². The van der Waals surface area contributed by atoms with E-state index >= 15 is 0 Å². The van der Waals surface area contributed by atoms with Crippen LogP contribution in [0.1, 0.15) is 27.2 Å². The first-order chi connectivity index (χ1) is 5.52. The van der Waals surface area contributed by atoms with Crippen molar-refractivity contribution in [3.8, 4) is 0 Å². The number of hydrogen-bond donors (Lipinski definition) is 1. The van der Waals surface area contributed by atoms with Gasteiger partial charge in [-0.1, -0.05) is 6.92 Å². The molecule has 0 aromatic rings. The van der Waals surface area contributed by atoms with Crippen LogP contribution in [0.15, 0.2) is 0 Å². The summed E-state index contributed by atoms with van der Waals surface area (Å²) in [7, 11) is 2.10. The van der Waals surface area contributed by atoms with Crippen molar-refractivity contribution in [3.05, 3.63) is 0 Å². The van der Waals surface area contributed by atoms with Gasteiger partial charge in [0.05, 0.1) is 6.10 Å². The van der Waals surface area contributed by atoms with Crippen LogP contribution in [0.3, 0.4) is 0 Å². The molecule has 12 heavy (non-hydrogen) atoms. The Balaban J connectivity index is 2.23. The third-order valence-corrected chi connectivity index (χ3v) is 3.19. The fraction of sp³-hybridized carbons (Fsp3) is 1.00. The van der Waals surface area contributed by atoms with Gasteiger partial charge in [0, 0.05) is 12.6 Å². The van der Waals surface area contributed by atoms with E-state index in [0.29, 0.717) is 0 Å². The standard InChI is InChI=1S/C10H21NO/c1-7-5-10(7)6-11(4)8(2)9(3)12/h7-10,12H,5-6H2,1-4H3. The van der Waals surface area contributed by atoms with Crippen LogP contribution in [0.25, 0.3) is 0 Å². The number of likely N-dealkylation sites (N-methyl/N-ethyl adjacent to an activating group) is 1. The molecule has 1 rings (SSSR count). The highest BCUT2D eigenvalue weighted by Gasteiger charge is 2.34. The summed E-state index contributed by atoms with van der Waals surface area (Å²) >= 11 is 0. The normalized spacial score (nSPS) is 33.5. The molecule has 4 atom stereocenters. The molecule has 4 unspecified atom stereocenters. The van der Waals surface area contributed by atoms with E-state index in [1.54, 1.807) is 0 Å². The largest absolute Gasteiger partial charge is 0.392 e. The second-order valence-corrected chi connectivity index (χ2v) is 4.39. The van der Waals surface area contributed by atoms with Crippen molar-refractivity contribution >= 4 is 0 Å². The predicted octanol–water partition coefficient (Wildman–Crippen LogP) is 1.34. The Morgan fingerprint density at radius 2 is 2.00 bits per heavy atom. The molecular formula is C10H21NO.